The van der Waals surface area contributed by atoms with Crippen LogP contribution in [0.5, 0.6) is 0 Å². The first-order valence-corrected chi connectivity index (χ1v) is 7.23. The normalized spacial score (nSPS) is 15.7. The summed E-state index contributed by atoms with van der Waals surface area (Å²) >= 11 is 0. The molecule has 0 aliphatic carbocycles. The number of piperidine rings is 1. The lowest BCUT2D eigenvalue weighted by atomic mass is 10.1. The average Bonchev–Trinajstić information content (AvgIpc) is 2.53. The maximum atomic E-state index is 11.9. The van der Waals surface area contributed by atoms with Crippen molar-refractivity contribution in [2.45, 2.75) is 32.7 Å². The van der Waals surface area contributed by atoms with E-state index in [1.807, 2.05) is 13.8 Å². The summed E-state index contributed by atoms with van der Waals surface area (Å²) in [5.74, 6) is 0. The van der Waals surface area contributed by atoms with Crippen molar-refractivity contribution in [1.29, 1.82) is 0 Å². The number of carbonyl (C=O) groups is 1. The zero-order valence-corrected chi connectivity index (χ0v) is 13.0. The first kappa shape index (κ1) is 18.4. The van der Waals surface area contributed by atoms with Crippen LogP contribution in [0, 0.1) is 0 Å². The fraction of sp³-hybridized carbons (Fsp3) is 0.562. The van der Waals surface area contributed by atoms with Crippen LogP contribution in [-0.4, -0.2) is 43.8 Å². The third-order valence-corrected chi connectivity index (χ3v) is 3.10. The molecule has 0 unspecified atom stereocenters. The fourth-order valence-corrected chi connectivity index (χ4v) is 1.92. The maximum absolute atomic E-state index is 11.9. The first-order chi connectivity index (χ1) is 9.69. The molecule has 0 saturated carbocycles. The van der Waals surface area contributed by atoms with Crippen molar-refractivity contribution in [1.82, 2.24) is 10.2 Å². The van der Waals surface area contributed by atoms with Crippen molar-refractivity contribution in [3.05, 3.63) is 37.0 Å². The van der Waals surface area contributed by atoms with E-state index in [1.54, 1.807) is 30.2 Å². The van der Waals surface area contributed by atoms with Gasteiger partial charge in [-0.15, -0.1) is 0 Å². The van der Waals surface area contributed by atoms with Crippen molar-refractivity contribution in [2.24, 2.45) is 0 Å². The summed E-state index contributed by atoms with van der Waals surface area (Å²) in [5.41, 5.74) is 0.845. The summed E-state index contributed by atoms with van der Waals surface area (Å²) in [4.78, 5) is 13.6. The number of carbonyl (C=O) groups excluding carboxylic acids is 1. The largest absolute Gasteiger partial charge is 0.445 e. The van der Waals surface area contributed by atoms with Crippen LogP contribution in [0.4, 0.5) is 4.79 Å². The van der Waals surface area contributed by atoms with Gasteiger partial charge < -0.3 is 15.0 Å². The number of nitrogens with one attached hydrogen (secondary N) is 1. The number of rotatable bonds is 5. The topological polar surface area (TPSA) is 41.6 Å². The third kappa shape index (κ3) is 6.57. The van der Waals surface area contributed by atoms with E-state index in [9.17, 15) is 4.79 Å². The Bertz CT molecular complexity index is 331. The van der Waals surface area contributed by atoms with Gasteiger partial charge in [0, 0.05) is 13.1 Å². The number of hydrogen-bond donors (Lipinski definition) is 1. The van der Waals surface area contributed by atoms with E-state index in [4.69, 9.17) is 4.74 Å². The molecule has 0 bridgehead atoms. The zero-order chi connectivity index (χ0) is 15.4. The number of amides is 1. The van der Waals surface area contributed by atoms with Gasteiger partial charge in [-0.1, -0.05) is 45.2 Å². The number of nitrogens with zero attached hydrogens (tertiary/aromatic N) is 1. The summed E-state index contributed by atoms with van der Waals surface area (Å²) in [6, 6.07) is 0.273. The van der Waals surface area contributed by atoms with Crippen molar-refractivity contribution in [2.75, 3.05) is 26.7 Å². The monoisotopic (exact) mass is 280 g/mol. The molecule has 1 N–H and O–H groups in total. The van der Waals surface area contributed by atoms with Crippen LogP contribution >= 0.6 is 0 Å². The molecule has 4 heteroatoms. The molecular formula is C16H28N2O2. The summed E-state index contributed by atoms with van der Waals surface area (Å²) in [6.07, 6.45) is 6.77. The molecule has 1 amide bonds. The van der Waals surface area contributed by atoms with E-state index in [0.29, 0.717) is 0 Å². The smallest absolute Gasteiger partial charge is 0.410 e. The second-order valence-electron chi connectivity index (χ2n) is 4.33. The van der Waals surface area contributed by atoms with Crippen LogP contribution < -0.4 is 5.32 Å². The molecule has 1 fully saturated rings. The van der Waals surface area contributed by atoms with Gasteiger partial charge in [-0.05, 0) is 31.5 Å². The number of allylic oxidation sites excluding steroid dienone is 2. The van der Waals surface area contributed by atoms with Crippen LogP contribution in [0.3, 0.4) is 0 Å². The van der Waals surface area contributed by atoms with Crippen LogP contribution in [0.15, 0.2) is 37.0 Å². The fourth-order valence-electron chi connectivity index (χ4n) is 1.92. The summed E-state index contributed by atoms with van der Waals surface area (Å²) in [7, 11) is 1.79. The van der Waals surface area contributed by atoms with Gasteiger partial charge in [0.05, 0.1) is 0 Å². The predicted octanol–water partition coefficient (Wildman–Crippen LogP) is 3.13. The predicted molar refractivity (Wildman–Crippen MR) is 84.8 cm³/mol. The molecule has 0 aromatic rings. The molecule has 1 rings (SSSR count). The second-order valence-corrected chi connectivity index (χ2v) is 4.33. The van der Waals surface area contributed by atoms with Crippen LogP contribution in [0.2, 0.25) is 0 Å². The van der Waals surface area contributed by atoms with E-state index in [1.165, 1.54) is 0 Å². The van der Waals surface area contributed by atoms with Crippen LogP contribution in [0.25, 0.3) is 0 Å². The second kappa shape index (κ2) is 11.3. The highest BCUT2D eigenvalue weighted by Crippen LogP contribution is 2.11. The van der Waals surface area contributed by atoms with E-state index in [2.05, 4.69) is 18.5 Å². The van der Waals surface area contributed by atoms with E-state index >= 15 is 0 Å². The molecule has 0 aromatic heterocycles. The van der Waals surface area contributed by atoms with Gasteiger partial charge in [-0.25, -0.2) is 4.79 Å². The van der Waals surface area contributed by atoms with Crippen molar-refractivity contribution >= 4 is 6.09 Å². The zero-order valence-electron chi connectivity index (χ0n) is 13.0. The average molecular weight is 280 g/mol. The van der Waals surface area contributed by atoms with E-state index in [-0.39, 0.29) is 18.7 Å². The van der Waals surface area contributed by atoms with Crippen molar-refractivity contribution in [3.63, 3.8) is 0 Å². The summed E-state index contributed by atoms with van der Waals surface area (Å²) < 4.78 is 5.24. The molecule has 1 aliphatic rings. The molecule has 1 saturated heterocycles. The minimum absolute atomic E-state index is 0.240. The summed E-state index contributed by atoms with van der Waals surface area (Å²) in [6.45, 7) is 13.4. The molecular weight excluding hydrogens is 252 g/mol. The molecule has 1 heterocycles. The van der Waals surface area contributed by atoms with Gasteiger partial charge in [-0.3, -0.25) is 0 Å². The Morgan fingerprint density at radius 2 is 1.95 bits per heavy atom. The molecule has 0 spiro atoms. The molecule has 0 aromatic carbocycles. The Labute approximate surface area is 123 Å². The highest BCUT2D eigenvalue weighted by Gasteiger charge is 2.22. The number of hydrogen-bond acceptors (Lipinski definition) is 3. The maximum Gasteiger partial charge on any atom is 0.410 e. The Hall–Kier alpha value is -1.55. The van der Waals surface area contributed by atoms with Crippen LogP contribution in [0.1, 0.15) is 26.7 Å². The van der Waals surface area contributed by atoms with Crippen LogP contribution in [-0.2, 0) is 4.74 Å². The van der Waals surface area contributed by atoms with Gasteiger partial charge in [0.15, 0.2) is 0 Å². The first-order valence-electron chi connectivity index (χ1n) is 7.23. The minimum atomic E-state index is -0.279. The van der Waals surface area contributed by atoms with Gasteiger partial charge in [-0.2, -0.15) is 0 Å². The molecule has 0 radical (unpaired) electrons. The highest BCUT2D eigenvalue weighted by atomic mass is 16.6. The van der Waals surface area contributed by atoms with Gasteiger partial charge in [0.1, 0.15) is 6.61 Å². The van der Waals surface area contributed by atoms with Gasteiger partial charge >= 0.3 is 6.09 Å². The van der Waals surface area contributed by atoms with Gasteiger partial charge in [0.25, 0.3) is 0 Å². The standard InChI is InChI=1S/C14H22N2O2.C2H6/c1-4-6-12(5-2)11-18-14(17)16(3)13-7-9-15-10-8-13;1-2/h4-6,13,15H,1-2,7-11H2,3H3;1-2H3/b12-6+;. The molecule has 114 valence electrons. The van der Waals surface area contributed by atoms with E-state index in [0.717, 1.165) is 31.5 Å². The molecule has 0 atom stereocenters. The Morgan fingerprint density at radius 1 is 1.35 bits per heavy atom. The van der Waals surface area contributed by atoms with Gasteiger partial charge in [0.2, 0.25) is 0 Å². The molecule has 20 heavy (non-hydrogen) atoms. The Kier molecular flexibility index (Phi) is 10.4. The minimum Gasteiger partial charge on any atom is -0.445 e. The summed E-state index contributed by atoms with van der Waals surface area (Å²) in [5, 5.41) is 3.27. The Morgan fingerprint density at radius 3 is 2.45 bits per heavy atom. The lowest BCUT2D eigenvalue weighted by molar-refractivity contribution is 0.0980. The Balaban J connectivity index is 0.00000172. The van der Waals surface area contributed by atoms with E-state index < -0.39 is 0 Å². The highest BCUT2D eigenvalue weighted by molar-refractivity contribution is 5.68. The van der Waals surface area contributed by atoms with Crippen molar-refractivity contribution in [3.8, 4) is 0 Å². The quantitative estimate of drug-likeness (QED) is 0.787. The number of ether oxygens (including phenoxy) is 1. The lowest BCUT2D eigenvalue weighted by Gasteiger charge is -2.30. The lowest BCUT2D eigenvalue weighted by Crippen LogP contribution is -2.44. The van der Waals surface area contributed by atoms with Crippen molar-refractivity contribution < 1.29 is 9.53 Å². The third-order valence-electron chi connectivity index (χ3n) is 3.10. The molecule has 4 nitrogen and oxygen atoms in total. The SMILES string of the molecule is C=C/C=C(\C=C)COC(=O)N(C)C1CCNCC1.CC. The molecule has 1 aliphatic heterocycles.